The monoisotopic (exact) mass is 423 g/mol. The van der Waals surface area contributed by atoms with E-state index in [1.165, 1.54) is 20.5 Å². The second kappa shape index (κ2) is 11.0. The maximum absolute atomic E-state index is 12.5. The number of hydrogen-bond donors (Lipinski definition) is 0. The second-order valence-electron chi connectivity index (χ2n) is 7.28. The predicted octanol–water partition coefficient (Wildman–Crippen LogP) is 4.30. The van der Waals surface area contributed by atoms with E-state index in [4.69, 9.17) is 14.2 Å². The first-order chi connectivity index (χ1) is 14.8. The maximum atomic E-state index is 12.5. The molecular formula is C25H29NO5. The summed E-state index contributed by atoms with van der Waals surface area (Å²) in [4.78, 5) is 26.5. The highest BCUT2D eigenvalue weighted by atomic mass is 16.5. The van der Waals surface area contributed by atoms with Gasteiger partial charge in [-0.2, -0.15) is 0 Å². The molecule has 2 aromatic carbocycles. The van der Waals surface area contributed by atoms with Crippen LogP contribution in [-0.4, -0.2) is 45.0 Å². The average molecular weight is 424 g/mol. The minimum Gasteiger partial charge on any atom is -0.503 e. The number of rotatable bonds is 9. The summed E-state index contributed by atoms with van der Waals surface area (Å²) in [6.07, 6.45) is 4.64. The molecule has 0 aliphatic carbocycles. The van der Waals surface area contributed by atoms with E-state index >= 15 is 0 Å². The summed E-state index contributed by atoms with van der Waals surface area (Å²) in [5.41, 5.74) is 4.11. The van der Waals surface area contributed by atoms with E-state index in [1.54, 1.807) is 12.3 Å². The Balaban J connectivity index is 2.28. The highest BCUT2D eigenvalue weighted by molar-refractivity contribution is 6.16. The van der Waals surface area contributed by atoms with Gasteiger partial charge in [0.2, 0.25) is 0 Å². The van der Waals surface area contributed by atoms with Gasteiger partial charge >= 0.3 is 5.97 Å². The van der Waals surface area contributed by atoms with Crippen LogP contribution < -0.4 is 4.74 Å². The van der Waals surface area contributed by atoms with E-state index in [0.717, 1.165) is 16.7 Å². The summed E-state index contributed by atoms with van der Waals surface area (Å²) < 4.78 is 16.0. The Morgan fingerprint density at radius 3 is 2.35 bits per heavy atom. The van der Waals surface area contributed by atoms with Crippen molar-refractivity contribution in [2.45, 2.75) is 20.5 Å². The number of ketones is 1. The Hall–Kier alpha value is -3.54. The molecule has 0 saturated heterocycles. The Morgan fingerprint density at radius 2 is 1.71 bits per heavy atom. The van der Waals surface area contributed by atoms with E-state index in [9.17, 15) is 9.59 Å². The second-order valence-corrected chi connectivity index (χ2v) is 7.28. The van der Waals surface area contributed by atoms with Crippen molar-refractivity contribution >= 4 is 17.3 Å². The third kappa shape index (κ3) is 6.22. The van der Waals surface area contributed by atoms with Gasteiger partial charge < -0.3 is 19.1 Å². The molecular weight excluding hydrogens is 394 g/mol. The van der Waals surface area contributed by atoms with Gasteiger partial charge in [-0.25, -0.2) is 4.79 Å². The van der Waals surface area contributed by atoms with Crippen molar-refractivity contribution in [2.24, 2.45) is 0 Å². The Labute approximate surface area is 183 Å². The highest BCUT2D eigenvalue weighted by Crippen LogP contribution is 2.27. The minimum absolute atomic E-state index is 0.0568. The number of esters is 1. The fourth-order valence-electron chi connectivity index (χ4n) is 3.03. The van der Waals surface area contributed by atoms with Crippen LogP contribution in [0.1, 0.15) is 32.6 Å². The highest BCUT2D eigenvalue weighted by Gasteiger charge is 2.17. The van der Waals surface area contributed by atoms with Crippen molar-refractivity contribution < 1.29 is 23.8 Å². The minimum atomic E-state index is -0.491. The average Bonchev–Trinajstić information content (AvgIpc) is 2.75. The number of aryl methyl sites for hydroxylation is 2. The fraction of sp³-hybridized carbons (Fsp3) is 0.280. The molecule has 2 rings (SSSR count). The Bertz CT molecular complexity index is 1000. The molecule has 0 aliphatic heterocycles. The molecule has 0 spiro atoms. The van der Waals surface area contributed by atoms with Gasteiger partial charge in [0.05, 0.1) is 20.5 Å². The molecule has 0 amide bonds. The van der Waals surface area contributed by atoms with E-state index in [2.05, 4.69) is 0 Å². The molecule has 0 saturated carbocycles. The zero-order valence-corrected chi connectivity index (χ0v) is 18.9. The van der Waals surface area contributed by atoms with Crippen LogP contribution in [-0.2, 0) is 20.9 Å². The first-order valence-electron chi connectivity index (χ1n) is 9.81. The van der Waals surface area contributed by atoms with Crippen LogP contribution in [0.4, 0.5) is 0 Å². The van der Waals surface area contributed by atoms with E-state index in [1.807, 2.05) is 69.2 Å². The zero-order valence-electron chi connectivity index (χ0n) is 18.9. The van der Waals surface area contributed by atoms with E-state index in [0.29, 0.717) is 22.4 Å². The first kappa shape index (κ1) is 23.7. The van der Waals surface area contributed by atoms with Gasteiger partial charge in [0, 0.05) is 31.9 Å². The molecule has 0 aliphatic rings. The molecule has 0 N–H and O–H groups in total. The van der Waals surface area contributed by atoms with Crippen molar-refractivity contribution in [3.05, 3.63) is 82.8 Å². The summed E-state index contributed by atoms with van der Waals surface area (Å²) in [6.45, 7) is 4.02. The first-order valence-corrected chi connectivity index (χ1v) is 9.81. The Morgan fingerprint density at radius 1 is 1.00 bits per heavy atom. The van der Waals surface area contributed by atoms with Crippen molar-refractivity contribution in [1.29, 1.82) is 0 Å². The smallest absolute Gasteiger partial charge is 0.341 e. The largest absolute Gasteiger partial charge is 0.503 e. The molecule has 0 unspecified atom stereocenters. The SMILES string of the molecule is CO/C=C(/C(=O)OC)c1ccccc1COc1cc(C)c(C(=O)/C=C/N(C)C)cc1C. The molecule has 0 bridgehead atoms. The molecule has 6 heteroatoms. The van der Waals surface area contributed by atoms with Gasteiger partial charge in [-0.3, -0.25) is 4.79 Å². The van der Waals surface area contributed by atoms with Crippen LogP contribution in [0.5, 0.6) is 5.75 Å². The van der Waals surface area contributed by atoms with Gasteiger partial charge in [0.15, 0.2) is 5.78 Å². The normalized spacial score (nSPS) is 11.4. The lowest BCUT2D eigenvalue weighted by atomic mass is 10.00. The third-order valence-electron chi connectivity index (χ3n) is 4.64. The van der Waals surface area contributed by atoms with Crippen molar-refractivity contribution in [3.63, 3.8) is 0 Å². The number of nitrogens with zero attached hydrogens (tertiary/aromatic N) is 1. The van der Waals surface area contributed by atoms with Crippen molar-refractivity contribution in [3.8, 4) is 5.75 Å². The summed E-state index contributed by atoms with van der Waals surface area (Å²) in [7, 11) is 6.53. The van der Waals surface area contributed by atoms with Gasteiger partial charge in [-0.05, 0) is 48.2 Å². The lowest BCUT2D eigenvalue weighted by Crippen LogP contribution is -2.09. The fourth-order valence-corrected chi connectivity index (χ4v) is 3.03. The van der Waals surface area contributed by atoms with Gasteiger partial charge in [0.1, 0.15) is 17.9 Å². The lowest BCUT2D eigenvalue weighted by Gasteiger charge is -2.15. The zero-order chi connectivity index (χ0) is 23.0. The van der Waals surface area contributed by atoms with Crippen LogP contribution in [0, 0.1) is 13.8 Å². The molecule has 0 fully saturated rings. The van der Waals surface area contributed by atoms with E-state index < -0.39 is 5.97 Å². The van der Waals surface area contributed by atoms with Crippen LogP contribution in [0.15, 0.2) is 54.9 Å². The number of methoxy groups -OCH3 is 2. The topological polar surface area (TPSA) is 65.1 Å². The Kier molecular flexibility index (Phi) is 8.43. The van der Waals surface area contributed by atoms with Crippen LogP contribution in [0.3, 0.4) is 0 Å². The summed E-state index contributed by atoms with van der Waals surface area (Å²) in [5, 5.41) is 0. The van der Waals surface area contributed by atoms with Crippen LogP contribution >= 0.6 is 0 Å². The molecule has 0 radical (unpaired) electrons. The molecule has 164 valence electrons. The number of hydrogen-bond acceptors (Lipinski definition) is 6. The summed E-state index contributed by atoms with van der Waals surface area (Å²) >= 11 is 0. The number of ether oxygens (including phenoxy) is 3. The van der Waals surface area contributed by atoms with Crippen molar-refractivity contribution in [2.75, 3.05) is 28.3 Å². The number of benzene rings is 2. The van der Waals surface area contributed by atoms with Gasteiger partial charge in [-0.1, -0.05) is 24.3 Å². The molecule has 0 aromatic heterocycles. The molecule has 0 heterocycles. The molecule has 0 atom stereocenters. The summed E-state index contributed by atoms with van der Waals surface area (Å²) in [5.74, 6) is 0.129. The number of allylic oxidation sites excluding steroid dienone is 1. The van der Waals surface area contributed by atoms with Crippen molar-refractivity contribution in [1.82, 2.24) is 4.90 Å². The van der Waals surface area contributed by atoms with Crippen LogP contribution in [0.2, 0.25) is 0 Å². The predicted molar refractivity (Wildman–Crippen MR) is 121 cm³/mol. The molecule has 2 aromatic rings. The number of carbonyl (C=O) groups excluding carboxylic acids is 2. The molecule has 6 nitrogen and oxygen atoms in total. The summed E-state index contributed by atoms with van der Waals surface area (Å²) in [6, 6.07) is 11.1. The quantitative estimate of drug-likeness (QED) is 0.259. The van der Waals surface area contributed by atoms with Gasteiger partial charge in [-0.15, -0.1) is 0 Å². The van der Waals surface area contributed by atoms with Crippen LogP contribution in [0.25, 0.3) is 5.57 Å². The maximum Gasteiger partial charge on any atom is 0.341 e. The van der Waals surface area contributed by atoms with Gasteiger partial charge in [0.25, 0.3) is 0 Å². The molecule has 31 heavy (non-hydrogen) atoms. The third-order valence-corrected chi connectivity index (χ3v) is 4.64. The standard InChI is InChI=1S/C25H29NO5/c1-17-14-24(18(2)13-21(17)23(27)11-12-26(3)4)31-15-19-9-7-8-10-20(19)22(16-29-5)25(28)30-6/h7-14,16H,15H2,1-6H3/b12-11+,22-16+. The van der Waals surface area contributed by atoms with E-state index in [-0.39, 0.29) is 12.4 Å². The number of carbonyl (C=O) groups is 2. The lowest BCUT2D eigenvalue weighted by molar-refractivity contribution is -0.133.